The fourth-order valence-corrected chi connectivity index (χ4v) is 1.32. The van der Waals surface area contributed by atoms with E-state index in [-0.39, 0.29) is 0 Å². The van der Waals surface area contributed by atoms with Crippen molar-refractivity contribution in [2.45, 2.75) is 13.1 Å². The molecule has 0 aliphatic carbocycles. The molecule has 1 aromatic heterocycles. The van der Waals surface area contributed by atoms with Gasteiger partial charge in [0.25, 0.3) is 0 Å². The van der Waals surface area contributed by atoms with Crippen LogP contribution in [0.1, 0.15) is 5.69 Å². The second kappa shape index (κ2) is 5.27. The summed E-state index contributed by atoms with van der Waals surface area (Å²) in [5.74, 6) is 0.863. The SMILES string of the molecule is NCc1cn(CCOc2ccccc2)nn1. The van der Waals surface area contributed by atoms with Crippen molar-refractivity contribution in [1.82, 2.24) is 15.0 Å². The monoisotopic (exact) mass is 218 g/mol. The maximum absolute atomic E-state index is 5.53. The molecule has 2 rings (SSSR count). The lowest BCUT2D eigenvalue weighted by molar-refractivity contribution is 0.289. The minimum absolute atomic E-state index is 0.416. The van der Waals surface area contributed by atoms with Gasteiger partial charge in [0, 0.05) is 12.7 Å². The van der Waals surface area contributed by atoms with Gasteiger partial charge in [-0.3, -0.25) is 0 Å². The molecule has 0 fully saturated rings. The van der Waals surface area contributed by atoms with Gasteiger partial charge in [-0.2, -0.15) is 0 Å². The number of benzene rings is 1. The molecule has 0 aliphatic rings. The van der Waals surface area contributed by atoms with Crippen molar-refractivity contribution in [2.75, 3.05) is 6.61 Å². The number of hydrogen-bond acceptors (Lipinski definition) is 4. The third kappa shape index (κ3) is 2.80. The van der Waals surface area contributed by atoms with E-state index in [1.165, 1.54) is 0 Å². The average Bonchev–Trinajstić information content (AvgIpc) is 2.78. The maximum atomic E-state index is 5.53. The highest BCUT2D eigenvalue weighted by Crippen LogP contribution is 2.07. The summed E-state index contributed by atoms with van der Waals surface area (Å²) in [4.78, 5) is 0. The molecule has 0 aliphatic heterocycles. The molecule has 1 aromatic carbocycles. The van der Waals surface area contributed by atoms with E-state index in [2.05, 4.69) is 10.3 Å². The Hall–Kier alpha value is -1.88. The first-order valence-corrected chi connectivity index (χ1v) is 5.15. The van der Waals surface area contributed by atoms with E-state index in [9.17, 15) is 0 Å². The summed E-state index contributed by atoms with van der Waals surface area (Å²) in [6, 6.07) is 9.69. The van der Waals surface area contributed by atoms with Crippen molar-refractivity contribution in [3.8, 4) is 5.75 Å². The Kier molecular flexibility index (Phi) is 3.50. The maximum Gasteiger partial charge on any atom is 0.119 e. The molecule has 0 spiro atoms. The highest BCUT2D eigenvalue weighted by atomic mass is 16.5. The van der Waals surface area contributed by atoms with Gasteiger partial charge >= 0.3 is 0 Å². The van der Waals surface area contributed by atoms with Crippen molar-refractivity contribution in [2.24, 2.45) is 5.73 Å². The molecule has 5 heteroatoms. The summed E-state index contributed by atoms with van der Waals surface area (Å²) < 4.78 is 7.26. The van der Waals surface area contributed by atoms with Crippen LogP contribution in [0, 0.1) is 0 Å². The fourth-order valence-electron chi connectivity index (χ4n) is 1.32. The molecular formula is C11H14N4O. The van der Waals surface area contributed by atoms with Crippen LogP contribution < -0.4 is 10.5 Å². The highest BCUT2D eigenvalue weighted by Gasteiger charge is 1.98. The highest BCUT2D eigenvalue weighted by molar-refractivity contribution is 5.20. The van der Waals surface area contributed by atoms with Gasteiger partial charge in [-0.1, -0.05) is 23.4 Å². The molecule has 0 unspecified atom stereocenters. The van der Waals surface area contributed by atoms with E-state index < -0.39 is 0 Å². The predicted octanol–water partition coefficient (Wildman–Crippen LogP) is 0.816. The lowest BCUT2D eigenvalue weighted by atomic mass is 10.3. The third-order valence-corrected chi connectivity index (χ3v) is 2.13. The Bertz CT molecular complexity index is 427. The van der Waals surface area contributed by atoms with Gasteiger partial charge in [-0.25, -0.2) is 4.68 Å². The molecule has 0 atom stereocenters. The molecule has 0 radical (unpaired) electrons. The lowest BCUT2D eigenvalue weighted by Gasteiger charge is -2.04. The van der Waals surface area contributed by atoms with E-state index in [1.54, 1.807) is 4.68 Å². The largest absolute Gasteiger partial charge is 0.492 e. The number of hydrogen-bond donors (Lipinski definition) is 1. The van der Waals surface area contributed by atoms with Crippen LogP contribution >= 0.6 is 0 Å². The zero-order chi connectivity index (χ0) is 11.2. The number of nitrogens with two attached hydrogens (primary N) is 1. The van der Waals surface area contributed by atoms with Gasteiger partial charge in [0.05, 0.1) is 12.2 Å². The van der Waals surface area contributed by atoms with Gasteiger partial charge < -0.3 is 10.5 Å². The first kappa shape index (κ1) is 10.6. The van der Waals surface area contributed by atoms with E-state index in [4.69, 9.17) is 10.5 Å². The molecule has 16 heavy (non-hydrogen) atoms. The van der Waals surface area contributed by atoms with Gasteiger partial charge in [0.2, 0.25) is 0 Å². The Morgan fingerprint density at radius 2 is 2.06 bits per heavy atom. The van der Waals surface area contributed by atoms with Crippen LogP contribution in [0.15, 0.2) is 36.5 Å². The minimum atomic E-state index is 0.416. The Morgan fingerprint density at radius 1 is 1.25 bits per heavy atom. The van der Waals surface area contributed by atoms with Gasteiger partial charge in [-0.05, 0) is 12.1 Å². The second-order valence-corrected chi connectivity index (χ2v) is 3.34. The van der Waals surface area contributed by atoms with Crippen LogP contribution in [-0.2, 0) is 13.1 Å². The summed E-state index contributed by atoms with van der Waals surface area (Å²) >= 11 is 0. The molecule has 2 N–H and O–H groups in total. The summed E-state index contributed by atoms with van der Waals surface area (Å²) in [6.45, 7) is 1.65. The van der Waals surface area contributed by atoms with Crippen LogP contribution in [0.3, 0.4) is 0 Å². The Labute approximate surface area is 93.8 Å². The zero-order valence-corrected chi connectivity index (χ0v) is 8.91. The predicted molar refractivity (Wildman–Crippen MR) is 59.9 cm³/mol. The van der Waals surface area contributed by atoms with Crippen LogP contribution in [0.5, 0.6) is 5.75 Å². The molecular weight excluding hydrogens is 204 g/mol. The topological polar surface area (TPSA) is 66.0 Å². The number of para-hydroxylation sites is 1. The average molecular weight is 218 g/mol. The quantitative estimate of drug-likeness (QED) is 0.806. The molecule has 84 valence electrons. The fraction of sp³-hybridized carbons (Fsp3) is 0.273. The van der Waals surface area contributed by atoms with Crippen molar-refractivity contribution >= 4 is 0 Å². The van der Waals surface area contributed by atoms with Crippen LogP contribution in [0.25, 0.3) is 0 Å². The molecule has 2 aromatic rings. The van der Waals surface area contributed by atoms with Gasteiger partial charge in [-0.15, -0.1) is 5.10 Å². The van der Waals surface area contributed by atoms with E-state index in [0.29, 0.717) is 19.7 Å². The smallest absolute Gasteiger partial charge is 0.119 e. The molecule has 0 amide bonds. The first-order chi connectivity index (χ1) is 7.88. The van der Waals surface area contributed by atoms with Crippen molar-refractivity contribution < 1.29 is 4.74 Å². The number of aromatic nitrogens is 3. The number of rotatable bonds is 5. The van der Waals surface area contributed by atoms with E-state index in [0.717, 1.165) is 11.4 Å². The van der Waals surface area contributed by atoms with Crippen molar-refractivity contribution in [1.29, 1.82) is 0 Å². The summed E-state index contributed by atoms with van der Waals surface area (Å²) in [5, 5.41) is 7.82. The third-order valence-electron chi connectivity index (χ3n) is 2.13. The summed E-state index contributed by atoms with van der Waals surface area (Å²) in [6.07, 6.45) is 1.83. The van der Waals surface area contributed by atoms with Gasteiger partial charge in [0.15, 0.2) is 0 Å². The molecule has 0 saturated heterocycles. The minimum Gasteiger partial charge on any atom is -0.492 e. The standard InChI is InChI=1S/C11H14N4O/c12-8-10-9-15(14-13-10)6-7-16-11-4-2-1-3-5-11/h1-5,9H,6-8,12H2. The number of ether oxygens (including phenoxy) is 1. The van der Waals surface area contributed by atoms with Crippen molar-refractivity contribution in [3.63, 3.8) is 0 Å². The van der Waals surface area contributed by atoms with E-state index in [1.807, 2.05) is 36.5 Å². The number of nitrogens with zero attached hydrogens (tertiary/aromatic N) is 3. The van der Waals surface area contributed by atoms with Crippen LogP contribution in [-0.4, -0.2) is 21.6 Å². The summed E-state index contributed by atoms with van der Waals surface area (Å²) in [7, 11) is 0. The normalized spacial score (nSPS) is 10.3. The first-order valence-electron chi connectivity index (χ1n) is 5.15. The van der Waals surface area contributed by atoms with E-state index >= 15 is 0 Å². The lowest BCUT2D eigenvalue weighted by Crippen LogP contribution is -2.08. The van der Waals surface area contributed by atoms with Crippen LogP contribution in [0.2, 0.25) is 0 Å². The van der Waals surface area contributed by atoms with Crippen molar-refractivity contribution in [3.05, 3.63) is 42.2 Å². The Morgan fingerprint density at radius 3 is 2.75 bits per heavy atom. The summed E-state index contributed by atoms with van der Waals surface area (Å²) in [5.41, 5.74) is 6.23. The van der Waals surface area contributed by atoms with Crippen LogP contribution in [0.4, 0.5) is 0 Å². The molecule has 5 nitrogen and oxygen atoms in total. The zero-order valence-electron chi connectivity index (χ0n) is 8.91. The van der Waals surface area contributed by atoms with Gasteiger partial charge in [0.1, 0.15) is 12.4 Å². The molecule has 0 saturated carbocycles. The molecule has 1 heterocycles. The molecule has 0 bridgehead atoms. The Balaban J connectivity index is 1.80. The second-order valence-electron chi connectivity index (χ2n) is 3.34.